The van der Waals surface area contributed by atoms with Crippen molar-refractivity contribution in [1.82, 2.24) is 20.1 Å². The summed E-state index contributed by atoms with van der Waals surface area (Å²) in [5, 5.41) is 11.1. The zero-order chi connectivity index (χ0) is 22.1. The van der Waals surface area contributed by atoms with Crippen molar-refractivity contribution in [3.8, 4) is 17.3 Å². The molecule has 8 heteroatoms. The molecule has 1 unspecified atom stereocenters. The van der Waals surface area contributed by atoms with Gasteiger partial charge in [-0.05, 0) is 55.0 Å². The molecule has 1 aliphatic rings. The Morgan fingerprint density at radius 3 is 2.97 bits per heavy atom. The van der Waals surface area contributed by atoms with E-state index in [1.165, 1.54) is 0 Å². The summed E-state index contributed by atoms with van der Waals surface area (Å²) >= 11 is 6.05. The van der Waals surface area contributed by atoms with E-state index < -0.39 is 0 Å². The van der Waals surface area contributed by atoms with Gasteiger partial charge in [-0.15, -0.1) is 10.2 Å². The van der Waals surface area contributed by atoms with Gasteiger partial charge in [0, 0.05) is 23.2 Å². The van der Waals surface area contributed by atoms with Crippen molar-refractivity contribution < 1.29 is 13.9 Å². The Kier molecular flexibility index (Phi) is 5.49. The fourth-order valence-electron chi connectivity index (χ4n) is 4.01. The van der Waals surface area contributed by atoms with Crippen LogP contribution in [-0.4, -0.2) is 39.1 Å². The van der Waals surface area contributed by atoms with Crippen LogP contribution >= 0.6 is 11.6 Å². The van der Waals surface area contributed by atoms with Gasteiger partial charge in [0.05, 0.1) is 0 Å². The SMILES string of the molecule is Cc1cc(OCC(=O)N2CCCC2c2nnc(-c3nccc4ccccc34)o2)ccc1Cl. The number of hydrogen-bond donors (Lipinski definition) is 0. The zero-order valence-electron chi connectivity index (χ0n) is 17.5. The van der Waals surface area contributed by atoms with Crippen LogP contribution in [0, 0.1) is 6.92 Å². The summed E-state index contributed by atoms with van der Waals surface area (Å²) in [5.41, 5.74) is 1.54. The molecule has 0 spiro atoms. The number of likely N-dealkylation sites (tertiary alicyclic amines) is 1. The molecule has 1 saturated heterocycles. The summed E-state index contributed by atoms with van der Waals surface area (Å²) < 4.78 is 11.7. The average molecular weight is 449 g/mol. The number of aryl methyl sites for hydroxylation is 1. The van der Waals surface area contributed by atoms with Crippen LogP contribution in [0.25, 0.3) is 22.4 Å². The minimum Gasteiger partial charge on any atom is -0.484 e. The number of carbonyl (C=O) groups excluding carboxylic acids is 1. The minimum atomic E-state index is -0.269. The first-order valence-electron chi connectivity index (χ1n) is 10.5. The standard InChI is InChI=1S/C24H21ClN4O3/c1-15-13-17(8-9-19(15)25)31-14-21(30)29-12-4-7-20(29)23-27-28-24(32-23)22-18-6-3-2-5-16(18)10-11-26-22/h2-3,5-6,8-11,13,20H,4,7,12,14H2,1H3. The van der Waals surface area contributed by atoms with E-state index in [9.17, 15) is 4.79 Å². The molecule has 162 valence electrons. The van der Waals surface area contributed by atoms with Gasteiger partial charge in [-0.2, -0.15) is 0 Å². The molecule has 1 atom stereocenters. The number of aromatic nitrogens is 3. The van der Waals surface area contributed by atoms with E-state index in [1.54, 1.807) is 23.2 Å². The molecule has 0 bridgehead atoms. The fourth-order valence-corrected chi connectivity index (χ4v) is 4.13. The van der Waals surface area contributed by atoms with Crippen LogP contribution in [0.15, 0.2) is 59.1 Å². The molecule has 0 saturated carbocycles. The topological polar surface area (TPSA) is 81.4 Å². The van der Waals surface area contributed by atoms with Crippen molar-refractivity contribution in [3.63, 3.8) is 0 Å². The minimum absolute atomic E-state index is 0.0660. The maximum Gasteiger partial charge on any atom is 0.267 e. The van der Waals surface area contributed by atoms with Crippen LogP contribution in [0.5, 0.6) is 5.75 Å². The highest BCUT2D eigenvalue weighted by molar-refractivity contribution is 6.31. The van der Waals surface area contributed by atoms with Gasteiger partial charge in [0.1, 0.15) is 17.5 Å². The first-order valence-corrected chi connectivity index (χ1v) is 10.8. The fraction of sp³-hybridized carbons (Fsp3) is 0.250. The summed E-state index contributed by atoms with van der Waals surface area (Å²) in [6.07, 6.45) is 3.35. The van der Waals surface area contributed by atoms with E-state index in [1.807, 2.05) is 43.3 Å². The molecule has 1 fully saturated rings. The smallest absolute Gasteiger partial charge is 0.267 e. The lowest BCUT2D eigenvalue weighted by Crippen LogP contribution is -2.34. The lowest BCUT2D eigenvalue weighted by atomic mass is 10.1. The molecule has 2 aromatic carbocycles. The van der Waals surface area contributed by atoms with Gasteiger partial charge in [0.25, 0.3) is 11.8 Å². The first kappa shape index (κ1) is 20.5. The van der Waals surface area contributed by atoms with Gasteiger partial charge < -0.3 is 14.1 Å². The van der Waals surface area contributed by atoms with E-state index in [4.69, 9.17) is 20.8 Å². The summed E-state index contributed by atoms with van der Waals surface area (Å²) in [7, 11) is 0. The molecule has 7 nitrogen and oxygen atoms in total. The highest BCUT2D eigenvalue weighted by Gasteiger charge is 2.34. The molecule has 4 aromatic rings. The third-order valence-corrected chi connectivity index (χ3v) is 6.09. The van der Waals surface area contributed by atoms with Gasteiger partial charge in [0.2, 0.25) is 5.89 Å². The third-order valence-electron chi connectivity index (χ3n) is 5.67. The molecule has 1 aliphatic heterocycles. The lowest BCUT2D eigenvalue weighted by molar-refractivity contribution is -0.134. The number of nitrogens with zero attached hydrogens (tertiary/aromatic N) is 4. The number of benzene rings is 2. The molecule has 0 radical (unpaired) electrons. The molecule has 5 rings (SSSR count). The Labute approximate surface area is 190 Å². The van der Waals surface area contributed by atoms with Crippen LogP contribution in [0.3, 0.4) is 0 Å². The maximum atomic E-state index is 12.9. The van der Waals surface area contributed by atoms with Crippen LogP contribution < -0.4 is 4.74 Å². The normalized spacial score (nSPS) is 15.9. The number of carbonyl (C=O) groups is 1. The Hall–Kier alpha value is -3.45. The van der Waals surface area contributed by atoms with Crippen LogP contribution in [0.2, 0.25) is 5.02 Å². The Morgan fingerprint density at radius 2 is 2.09 bits per heavy atom. The van der Waals surface area contributed by atoms with Crippen LogP contribution in [0.1, 0.15) is 30.3 Å². The predicted octanol–water partition coefficient (Wildman–Crippen LogP) is 4.99. The summed E-state index contributed by atoms with van der Waals surface area (Å²) in [6.45, 7) is 2.45. The van der Waals surface area contributed by atoms with E-state index in [2.05, 4.69) is 15.2 Å². The summed E-state index contributed by atoms with van der Waals surface area (Å²) in [6, 6.07) is 14.9. The second kappa shape index (κ2) is 8.59. The van der Waals surface area contributed by atoms with Crippen molar-refractivity contribution in [2.75, 3.05) is 13.2 Å². The number of halogens is 1. The molecular weight excluding hydrogens is 428 g/mol. The van der Waals surface area contributed by atoms with Crippen molar-refractivity contribution >= 4 is 28.3 Å². The summed E-state index contributed by atoms with van der Waals surface area (Å²) in [4.78, 5) is 19.1. The molecule has 32 heavy (non-hydrogen) atoms. The lowest BCUT2D eigenvalue weighted by Gasteiger charge is -2.22. The molecule has 0 N–H and O–H groups in total. The highest BCUT2D eigenvalue weighted by Crippen LogP contribution is 2.34. The Morgan fingerprint density at radius 1 is 1.22 bits per heavy atom. The van der Waals surface area contributed by atoms with Gasteiger partial charge >= 0.3 is 0 Å². The van der Waals surface area contributed by atoms with Gasteiger partial charge in [-0.3, -0.25) is 9.78 Å². The van der Waals surface area contributed by atoms with Crippen LogP contribution in [0.4, 0.5) is 0 Å². The van der Waals surface area contributed by atoms with Crippen molar-refractivity contribution in [2.24, 2.45) is 0 Å². The molecular formula is C24H21ClN4O3. The van der Waals surface area contributed by atoms with Crippen LogP contribution in [-0.2, 0) is 4.79 Å². The number of rotatable bonds is 5. The molecule has 0 aliphatic carbocycles. The van der Waals surface area contributed by atoms with Crippen molar-refractivity contribution in [2.45, 2.75) is 25.8 Å². The third kappa shape index (κ3) is 3.91. The first-order chi connectivity index (χ1) is 15.6. The number of hydrogen-bond acceptors (Lipinski definition) is 6. The van der Waals surface area contributed by atoms with Gasteiger partial charge in [-0.25, -0.2) is 0 Å². The zero-order valence-corrected chi connectivity index (χ0v) is 18.2. The number of fused-ring (bicyclic) bond motifs is 1. The highest BCUT2D eigenvalue weighted by atomic mass is 35.5. The van der Waals surface area contributed by atoms with Gasteiger partial charge in [-0.1, -0.05) is 35.9 Å². The summed E-state index contributed by atoms with van der Waals surface area (Å²) in [5.74, 6) is 1.26. The molecule has 1 amide bonds. The van der Waals surface area contributed by atoms with E-state index in [-0.39, 0.29) is 18.6 Å². The van der Waals surface area contributed by atoms with Crippen molar-refractivity contribution in [1.29, 1.82) is 0 Å². The quantitative estimate of drug-likeness (QED) is 0.428. The maximum absolute atomic E-state index is 12.9. The monoisotopic (exact) mass is 448 g/mol. The molecule has 3 heterocycles. The van der Waals surface area contributed by atoms with E-state index in [0.29, 0.717) is 34.8 Å². The second-order valence-electron chi connectivity index (χ2n) is 7.77. The van der Waals surface area contributed by atoms with Crippen molar-refractivity contribution in [3.05, 3.63) is 71.2 Å². The van der Waals surface area contributed by atoms with E-state index in [0.717, 1.165) is 29.2 Å². The second-order valence-corrected chi connectivity index (χ2v) is 8.18. The Balaban J connectivity index is 1.33. The molecule has 2 aromatic heterocycles. The largest absolute Gasteiger partial charge is 0.484 e. The number of amides is 1. The van der Waals surface area contributed by atoms with Gasteiger partial charge in [0.15, 0.2) is 6.61 Å². The average Bonchev–Trinajstić information content (AvgIpc) is 3.49. The van der Waals surface area contributed by atoms with E-state index >= 15 is 0 Å². The number of pyridine rings is 1. The Bertz CT molecular complexity index is 1280. The predicted molar refractivity (Wildman–Crippen MR) is 120 cm³/mol. The number of ether oxygens (including phenoxy) is 1.